The normalized spacial score (nSPS) is 29.9. The number of ether oxygens (including phenoxy) is 5. The molecule has 8 nitrogen and oxygen atoms in total. The second-order valence-corrected chi connectivity index (χ2v) is 14.6. The zero-order valence-corrected chi connectivity index (χ0v) is 25.8. The first-order valence-corrected chi connectivity index (χ1v) is 14.5. The Labute approximate surface area is 237 Å². The Morgan fingerprint density at radius 3 is 2.28 bits per heavy atom. The van der Waals surface area contributed by atoms with Gasteiger partial charge in [0.25, 0.3) is 0 Å². The maximum absolute atomic E-state index is 13.0. The van der Waals surface area contributed by atoms with E-state index in [0.717, 1.165) is 11.3 Å². The molecule has 9 heteroatoms. The molecule has 1 aromatic carbocycles. The fraction of sp³-hybridized carbons (Fsp3) is 0.733. The Morgan fingerprint density at radius 1 is 1.10 bits per heavy atom. The summed E-state index contributed by atoms with van der Waals surface area (Å²) in [6, 6.07) is 7.49. The number of aliphatic hydroxyl groups excluding tert-OH is 1. The van der Waals surface area contributed by atoms with Crippen LogP contribution in [0.2, 0.25) is 0 Å². The van der Waals surface area contributed by atoms with Gasteiger partial charge in [0, 0.05) is 17.1 Å². The molecule has 0 unspecified atom stereocenters. The molecule has 0 radical (unpaired) electrons. The van der Waals surface area contributed by atoms with Crippen LogP contribution in [-0.4, -0.2) is 64.4 Å². The summed E-state index contributed by atoms with van der Waals surface area (Å²) in [4.78, 5) is 25.8. The molecule has 1 N–H and O–H groups in total. The summed E-state index contributed by atoms with van der Waals surface area (Å²) in [5, 5.41) is 11.5. The second kappa shape index (κ2) is 12.1. The van der Waals surface area contributed by atoms with Crippen molar-refractivity contribution in [1.29, 1.82) is 0 Å². The zero-order chi connectivity index (χ0) is 29.3. The molecule has 0 aromatic heterocycles. The Bertz CT molecular complexity index is 999. The van der Waals surface area contributed by atoms with Crippen molar-refractivity contribution in [3.63, 3.8) is 0 Å². The Balaban J connectivity index is 1.74. The van der Waals surface area contributed by atoms with Crippen LogP contribution in [0.1, 0.15) is 74.3 Å². The van der Waals surface area contributed by atoms with E-state index in [1.165, 1.54) is 11.8 Å². The van der Waals surface area contributed by atoms with Gasteiger partial charge in [-0.05, 0) is 45.4 Å². The van der Waals surface area contributed by atoms with Crippen molar-refractivity contribution in [2.24, 2.45) is 17.3 Å². The highest BCUT2D eigenvalue weighted by Crippen LogP contribution is 2.42. The second-order valence-electron chi connectivity index (χ2n) is 12.8. The Morgan fingerprint density at radius 2 is 1.72 bits per heavy atom. The van der Waals surface area contributed by atoms with Gasteiger partial charge in [0.05, 0.1) is 43.4 Å². The predicted molar refractivity (Wildman–Crippen MR) is 150 cm³/mol. The van der Waals surface area contributed by atoms with E-state index in [4.69, 9.17) is 23.7 Å². The highest BCUT2D eigenvalue weighted by atomic mass is 32.2. The minimum atomic E-state index is -1.03. The van der Waals surface area contributed by atoms with Crippen LogP contribution in [-0.2, 0) is 35.1 Å². The van der Waals surface area contributed by atoms with Gasteiger partial charge < -0.3 is 28.8 Å². The van der Waals surface area contributed by atoms with E-state index in [0.29, 0.717) is 0 Å². The summed E-state index contributed by atoms with van der Waals surface area (Å²) in [6.45, 7) is 17.3. The molecule has 0 amide bonds. The first kappa shape index (κ1) is 31.9. The smallest absolute Gasteiger partial charge is 0.314 e. The quantitative estimate of drug-likeness (QED) is 0.408. The van der Waals surface area contributed by atoms with Crippen molar-refractivity contribution < 1.29 is 38.4 Å². The minimum absolute atomic E-state index is 0.0646. The van der Waals surface area contributed by atoms with Crippen LogP contribution in [0.4, 0.5) is 0 Å². The van der Waals surface area contributed by atoms with Crippen LogP contribution in [0.5, 0.6) is 5.75 Å². The monoisotopic (exact) mass is 566 g/mol. The number of hydrogen-bond acceptors (Lipinski definition) is 9. The summed E-state index contributed by atoms with van der Waals surface area (Å²) in [5.41, 5.74) is -0.0235. The number of carbonyl (C=O) groups is 2. The Hall–Kier alpha value is -1.65. The summed E-state index contributed by atoms with van der Waals surface area (Å²) >= 11 is 1.31. The van der Waals surface area contributed by atoms with Crippen LogP contribution >= 0.6 is 11.8 Å². The molecule has 0 aliphatic carbocycles. The maximum Gasteiger partial charge on any atom is 0.314 e. The third-order valence-electron chi connectivity index (χ3n) is 7.45. The van der Waals surface area contributed by atoms with Crippen LogP contribution in [0.15, 0.2) is 24.3 Å². The third kappa shape index (κ3) is 7.76. The van der Waals surface area contributed by atoms with Gasteiger partial charge in [0.2, 0.25) is 0 Å². The molecule has 2 saturated heterocycles. The Kier molecular flexibility index (Phi) is 9.86. The highest BCUT2D eigenvalue weighted by Gasteiger charge is 2.55. The van der Waals surface area contributed by atoms with Gasteiger partial charge in [-0.15, -0.1) is 0 Å². The lowest BCUT2D eigenvalue weighted by atomic mass is 9.81. The van der Waals surface area contributed by atoms with E-state index in [9.17, 15) is 14.7 Å². The number of carbonyl (C=O) groups excluding carboxylic acids is 2. The van der Waals surface area contributed by atoms with Gasteiger partial charge in [0.15, 0.2) is 17.0 Å². The fourth-order valence-electron chi connectivity index (χ4n) is 5.22. The predicted octanol–water partition coefficient (Wildman–Crippen LogP) is 5.13. The summed E-state index contributed by atoms with van der Waals surface area (Å²) in [5.74, 6) is -1.17. The van der Waals surface area contributed by atoms with E-state index < -0.39 is 47.7 Å². The molecule has 0 bridgehead atoms. The topological polar surface area (TPSA) is 101 Å². The molecule has 0 saturated carbocycles. The molecule has 1 aromatic rings. The largest absolute Gasteiger partial charge is 0.497 e. The van der Waals surface area contributed by atoms with E-state index in [2.05, 4.69) is 0 Å². The van der Waals surface area contributed by atoms with Crippen molar-refractivity contribution in [1.82, 2.24) is 0 Å². The van der Waals surface area contributed by atoms with Crippen molar-refractivity contribution in [3.05, 3.63) is 29.8 Å². The first-order chi connectivity index (χ1) is 17.9. The zero-order valence-electron chi connectivity index (χ0n) is 25.0. The van der Waals surface area contributed by atoms with Crippen LogP contribution < -0.4 is 4.74 Å². The van der Waals surface area contributed by atoms with E-state index in [1.807, 2.05) is 72.7 Å². The lowest BCUT2D eigenvalue weighted by molar-refractivity contribution is -0.328. The molecule has 7 atom stereocenters. The SMILES string of the molecule is COc1ccc(CO[C@H]2[C@@H]([C@@H](O)C[C@@H]3OC(C)(C)O[C@H]([C@H](C)C(=O)SC(C)(C)C)[C@H]3C)OC(=O)C2(C)C)cc1. The lowest BCUT2D eigenvalue weighted by Crippen LogP contribution is -2.55. The van der Waals surface area contributed by atoms with Crippen molar-refractivity contribution in [2.75, 3.05) is 7.11 Å². The standard InChI is InChI=1S/C30H46O8S/c1-17-22(37-30(8,9)38-23(17)18(2)26(32)39-28(3,4)5)15-21(31)24-25(29(6,7)27(33)36-24)35-16-19-11-13-20(34-10)14-12-19/h11-14,17-18,21-25,31H,15-16H2,1-10H3/t17-,18-,21-,22-,23-,24+,25-/m0/s1. The van der Waals surface area contributed by atoms with Gasteiger partial charge in [-0.25, -0.2) is 0 Å². The molecule has 220 valence electrons. The van der Waals surface area contributed by atoms with Crippen molar-refractivity contribution >= 4 is 22.8 Å². The summed E-state index contributed by atoms with van der Waals surface area (Å²) in [6.07, 6.45) is -3.17. The number of rotatable bonds is 9. The molecule has 0 spiro atoms. The average molecular weight is 567 g/mol. The summed E-state index contributed by atoms with van der Waals surface area (Å²) < 4.78 is 29.4. The molecule has 2 aliphatic heterocycles. The number of benzene rings is 1. The summed E-state index contributed by atoms with van der Waals surface area (Å²) in [7, 11) is 1.61. The molecule has 39 heavy (non-hydrogen) atoms. The number of aliphatic hydroxyl groups is 1. The van der Waals surface area contributed by atoms with Crippen molar-refractivity contribution in [2.45, 2.75) is 116 Å². The third-order valence-corrected chi connectivity index (χ3v) is 8.64. The van der Waals surface area contributed by atoms with E-state index in [1.54, 1.807) is 21.0 Å². The number of hydrogen-bond donors (Lipinski definition) is 1. The van der Waals surface area contributed by atoms with Crippen LogP contribution in [0, 0.1) is 17.3 Å². The lowest BCUT2D eigenvalue weighted by Gasteiger charge is -2.47. The molecule has 2 aliphatic rings. The van der Waals surface area contributed by atoms with Gasteiger partial charge in [0.1, 0.15) is 11.9 Å². The highest BCUT2D eigenvalue weighted by molar-refractivity contribution is 8.14. The van der Waals surface area contributed by atoms with Gasteiger partial charge in [-0.3, -0.25) is 9.59 Å². The van der Waals surface area contributed by atoms with Gasteiger partial charge in [-0.1, -0.05) is 58.5 Å². The van der Waals surface area contributed by atoms with Gasteiger partial charge >= 0.3 is 5.97 Å². The number of methoxy groups -OCH3 is 1. The van der Waals surface area contributed by atoms with E-state index in [-0.39, 0.29) is 34.7 Å². The molecular formula is C30H46O8S. The number of esters is 1. The first-order valence-electron chi connectivity index (χ1n) is 13.7. The molecular weight excluding hydrogens is 520 g/mol. The number of cyclic esters (lactones) is 1. The minimum Gasteiger partial charge on any atom is -0.497 e. The average Bonchev–Trinajstić information content (AvgIpc) is 3.06. The van der Waals surface area contributed by atoms with Crippen LogP contribution in [0.3, 0.4) is 0 Å². The number of thioether (sulfide) groups is 1. The van der Waals surface area contributed by atoms with Crippen molar-refractivity contribution in [3.8, 4) is 5.75 Å². The van der Waals surface area contributed by atoms with Crippen LogP contribution in [0.25, 0.3) is 0 Å². The fourth-order valence-corrected chi connectivity index (χ4v) is 6.15. The van der Waals surface area contributed by atoms with E-state index >= 15 is 0 Å². The van der Waals surface area contributed by atoms with Gasteiger partial charge in [-0.2, -0.15) is 0 Å². The molecule has 3 rings (SSSR count). The molecule has 2 heterocycles. The molecule has 2 fully saturated rings. The maximum atomic E-state index is 13.0.